The summed E-state index contributed by atoms with van der Waals surface area (Å²) in [5.41, 5.74) is 1.53. The summed E-state index contributed by atoms with van der Waals surface area (Å²) in [5.74, 6) is 1.01. The molecule has 0 bridgehead atoms. The van der Waals surface area contributed by atoms with Crippen molar-refractivity contribution in [3.05, 3.63) is 12.2 Å². The van der Waals surface area contributed by atoms with E-state index in [1.165, 1.54) is 37.7 Å². The second-order valence-corrected chi connectivity index (χ2v) is 7.62. The number of carbonyl (C=O) groups is 1. The summed E-state index contributed by atoms with van der Waals surface area (Å²) >= 11 is 0. The Morgan fingerprint density at radius 1 is 1.45 bits per heavy atom. The molecule has 0 aromatic heterocycles. The number of fused-ring (bicyclic) bond motifs is 1. The van der Waals surface area contributed by atoms with E-state index in [0.29, 0.717) is 23.7 Å². The number of rotatable bonds is 3. The van der Waals surface area contributed by atoms with Crippen LogP contribution in [0.1, 0.15) is 72.6 Å². The monoisotopic (exact) mass is 278 g/mol. The summed E-state index contributed by atoms with van der Waals surface area (Å²) < 4.78 is 5.71. The van der Waals surface area contributed by atoms with Gasteiger partial charge in [0.25, 0.3) is 0 Å². The van der Waals surface area contributed by atoms with Crippen molar-refractivity contribution < 1.29 is 9.53 Å². The quantitative estimate of drug-likeness (QED) is 0.543. The van der Waals surface area contributed by atoms with E-state index >= 15 is 0 Å². The molecule has 0 aliphatic heterocycles. The van der Waals surface area contributed by atoms with Gasteiger partial charge in [0.2, 0.25) is 0 Å². The molecule has 2 saturated carbocycles. The zero-order valence-electron chi connectivity index (χ0n) is 13.6. The highest BCUT2D eigenvalue weighted by molar-refractivity contribution is 5.69. The Balaban J connectivity index is 2.09. The molecule has 0 unspecified atom stereocenters. The predicted octanol–water partition coefficient (Wildman–Crippen LogP) is 4.88. The number of esters is 1. The van der Waals surface area contributed by atoms with Gasteiger partial charge in [0.05, 0.1) is 0 Å². The second-order valence-electron chi connectivity index (χ2n) is 7.62. The van der Waals surface area contributed by atoms with Crippen LogP contribution in [0.5, 0.6) is 0 Å². The number of carbonyl (C=O) groups excluding carboxylic acids is 1. The van der Waals surface area contributed by atoms with Crippen molar-refractivity contribution in [1.29, 1.82) is 0 Å². The maximum Gasteiger partial charge on any atom is 0.306 e. The maximum absolute atomic E-state index is 11.6. The first-order chi connectivity index (χ1) is 9.28. The zero-order chi connectivity index (χ0) is 15.0. The molecule has 0 aromatic carbocycles. The molecule has 0 spiro atoms. The second kappa shape index (κ2) is 5.54. The minimum Gasteiger partial charge on any atom is -0.459 e. The molecule has 2 heteroatoms. The number of allylic oxidation sites excluding steroid dienone is 1. The molecule has 2 fully saturated rings. The van der Waals surface area contributed by atoms with Crippen molar-refractivity contribution in [2.75, 3.05) is 0 Å². The fourth-order valence-corrected chi connectivity index (χ4v) is 4.30. The van der Waals surface area contributed by atoms with E-state index in [2.05, 4.69) is 27.4 Å². The minimum absolute atomic E-state index is 0.0780. The van der Waals surface area contributed by atoms with Crippen LogP contribution < -0.4 is 0 Å². The topological polar surface area (TPSA) is 26.3 Å². The van der Waals surface area contributed by atoms with Crippen LogP contribution in [0.25, 0.3) is 0 Å². The maximum atomic E-state index is 11.6. The lowest BCUT2D eigenvalue weighted by Crippen LogP contribution is -2.45. The first-order valence-corrected chi connectivity index (χ1v) is 8.18. The molecule has 3 atom stereocenters. The average molecular weight is 278 g/mol. The average Bonchev–Trinajstić information content (AvgIpc) is 2.37. The van der Waals surface area contributed by atoms with Crippen molar-refractivity contribution in [3.8, 4) is 0 Å². The summed E-state index contributed by atoms with van der Waals surface area (Å²) in [6, 6.07) is 0. The molecule has 2 aliphatic carbocycles. The number of ether oxygens (including phenoxy) is 1. The van der Waals surface area contributed by atoms with Crippen molar-refractivity contribution in [2.24, 2.45) is 17.3 Å². The van der Waals surface area contributed by atoms with Crippen molar-refractivity contribution in [3.63, 3.8) is 0 Å². The van der Waals surface area contributed by atoms with E-state index in [-0.39, 0.29) is 11.6 Å². The Morgan fingerprint density at radius 2 is 2.15 bits per heavy atom. The lowest BCUT2D eigenvalue weighted by Gasteiger charge is -2.51. The van der Waals surface area contributed by atoms with Gasteiger partial charge >= 0.3 is 5.97 Å². The van der Waals surface area contributed by atoms with E-state index in [0.717, 1.165) is 6.42 Å². The van der Waals surface area contributed by atoms with E-state index in [9.17, 15) is 4.79 Å². The Morgan fingerprint density at radius 3 is 2.80 bits per heavy atom. The van der Waals surface area contributed by atoms with Gasteiger partial charge in [-0.3, -0.25) is 4.79 Å². The third-order valence-electron chi connectivity index (χ3n) is 5.81. The Labute approximate surface area is 124 Å². The fraction of sp³-hybridized carbons (Fsp3) is 0.833. The lowest BCUT2D eigenvalue weighted by molar-refractivity contribution is -0.164. The smallest absolute Gasteiger partial charge is 0.306 e. The number of hydrogen-bond donors (Lipinski definition) is 0. The van der Waals surface area contributed by atoms with Crippen LogP contribution >= 0.6 is 0 Å². The highest BCUT2D eigenvalue weighted by atomic mass is 16.6. The van der Waals surface area contributed by atoms with E-state index in [1.54, 1.807) is 0 Å². The van der Waals surface area contributed by atoms with Crippen LogP contribution in [-0.4, -0.2) is 11.6 Å². The molecular formula is C18H30O2. The van der Waals surface area contributed by atoms with Crippen LogP contribution in [0, 0.1) is 17.3 Å². The van der Waals surface area contributed by atoms with Gasteiger partial charge in [-0.05, 0) is 69.6 Å². The zero-order valence-corrected chi connectivity index (χ0v) is 13.6. The molecule has 0 N–H and O–H groups in total. The predicted molar refractivity (Wildman–Crippen MR) is 82.4 cm³/mol. The van der Waals surface area contributed by atoms with Gasteiger partial charge in [-0.25, -0.2) is 0 Å². The van der Waals surface area contributed by atoms with Crippen LogP contribution in [0.2, 0.25) is 0 Å². The molecule has 0 saturated heterocycles. The molecular weight excluding hydrogens is 248 g/mol. The highest BCUT2D eigenvalue weighted by Gasteiger charge is 2.47. The van der Waals surface area contributed by atoms with E-state index < -0.39 is 0 Å². The fourth-order valence-electron chi connectivity index (χ4n) is 4.30. The van der Waals surface area contributed by atoms with Crippen molar-refractivity contribution >= 4 is 5.97 Å². The van der Waals surface area contributed by atoms with Crippen LogP contribution in [0.3, 0.4) is 0 Å². The first kappa shape index (κ1) is 15.6. The number of hydrogen-bond acceptors (Lipinski definition) is 2. The van der Waals surface area contributed by atoms with Crippen LogP contribution in [0.15, 0.2) is 12.2 Å². The van der Waals surface area contributed by atoms with Crippen molar-refractivity contribution in [1.82, 2.24) is 0 Å². The van der Waals surface area contributed by atoms with Crippen LogP contribution in [0.4, 0.5) is 0 Å². The summed E-state index contributed by atoms with van der Waals surface area (Å²) in [4.78, 5) is 11.6. The summed E-state index contributed by atoms with van der Waals surface area (Å²) in [7, 11) is 0. The normalized spacial score (nSPS) is 34.5. The molecule has 0 heterocycles. The largest absolute Gasteiger partial charge is 0.459 e. The first-order valence-electron chi connectivity index (χ1n) is 8.18. The summed E-state index contributed by atoms with van der Waals surface area (Å²) in [6.45, 7) is 12.8. The molecule has 2 aliphatic rings. The molecule has 2 nitrogen and oxygen atoms in total. The Hall–Kier alpha value is -0.790. The summed E-state index contributed by atoms with van der Waals surface area (Å²) in [6.07, 6.45) is 7.83. The lowest BCUT2D eigenvalue weighted by atomic mass is 9.55. The molecule has 0 amide bonds. The van der Waals surface area contributed by atoms with Gasteiger partial charge in [-0.2, -0.15) is 0 Å². The molecule has 2 rings (SSSR count). The van der Waals surface area contributed by atoms with E-state index in [4.69, 9.17) is 4.74 Å². The minimum atomic E-state index is -0.341. The van der Waals surface area contributed by atoms with E-state index in [1.807, 2.05) is 6.92 Å². The van der Waals surface area contributed by atoms with Crippen molar-refractivity contribution in [2.45, 2.75) is 78.2 Å². The highest BCUT2D eigenvalue weighted by Crippen LogP contribution is 2.55. The van der Waals surface area contributed by atoms with Gasteiger partial charge < -0.3 is 4.74 Å². The third-order valence-corrected chi connectivity index (χ3v) is 5.81. The van der Waals surface area contributed by atoms with Gasteiger partial charge in [0.1, 0.15) is 5.60 Å². The van der Waals surface area contributed by atoms with Gasteiger partial charge in [-0.1, -0.05) is 26.0 Å². The molecule has 114 valence electrons. The summed E-state index contributed by atoms with van der Waals surface area (Å²) in [5, 5.41) is 0. The standard InChI is InChI=1S/C18H30O2/c1-6-16(19)20-17(3,4)14-9-11-18(5)10-7-8-13(2)15(18)12-14/h14-15H,2,6-12H2,1,3-5H3/t14-,15+,18-/m1/s1. The molecule has 0 aromatic rings. The molecule has 20 heavy (non-hydrogen) atoms. The van der Waals surface area contributed by atoms with Gasteiger partial charge in [0, 0.05) is 6.42 Å². The third kappa shape index (κ3) is 2.94. The molecule has 0 radical (unpaired) electrons. The SMILES string of the molecule is C=C1CCC[C@]2(C)CC[C@@H](C(C)(C)OC(=O)CC)C[C@@H]12. The van der Waals surface area contributed by atoms with Crippen LogP contribution in [-0.2, 0) is 9.53 Å². The Bertz CT molecular complexity index is 396. The van der Waals surface area contributed by atoms with Gasteiger partial charge in [0.15, 0.2) is 0 Å². The Kier molecular flexibility index (Phi) is 4.32. The van der Waals surface area contributed by atoms with Gasteiger partial charge in [-0.15, -0.1) is 0 Å².